The minimum Gasteiger partial charge on any atom is -0.403 e. The average molecular weight is 531 g/mol. The largest absolute Gasteiger partial charge is 0.403 e. The molecule has 8 nitrogen and oxygen atoms in total. The van der Waals surface area contributed by atoms with Crippen LogP contribution in [-0.4, -0.2) is 41.9 Å². The lowest BCUT2D eigenvalue weighted by Crippen LogP contribution is -2.33. The van der Waals surface area contributed by atoms with Crippen LogP contribution in [0.2, 0.25) is 8.67 Å². The molecule has 0 radical (unpaired) electrons. The smallest absolute Gasteiger partial charge is 0.322 e. The van der Waals surface area contributed by atoms with Crippen LogP contribution in [0.15, 0.2) is 39.6 Å². The maximum atomic E-state index is 13.1. The highest BCUT2D eigenvalue weighted by Crippen LogP contribution is 2.37. The molecular formula is C21H24Cl2N4O4S2. The van der Waals surface area contributed by atoms with Crippen molar-refractivity contribution < 1.29 is 17.6 Å². The number of carbonyl (C=O) groups excluding carboxylic acids is 1. The van der Waals surface area contributed by atoms with Gasteiger partial charge in [-0.05, 0) is 43.2 Å². The summed E-state index contributed by atoms with van der Waals surface area (Å²) in [5.41, 5.74) is 0.726. The molecule has 12 heteroatoms. The van der Waals surface area contributed by atoms with Crippen LogP contribution >= 0.6 is 34.5 Å². The van der Waals surface area contributed by atoms with Gasteiger partial charge in [0, 0.05) is 18.7 Å². The molecule has 0 bridgehead atoms. The highest BCUT2D eigenvalue weighted by Gasteiger charge is 2.24. The number of aromatic nitrogens is 2. The molecule has 0 unspecified atom stereocenters. The Balaban J connectivity index is 1.71. The van der Waals surface area contributed by atoms with Gasteiger partial charge in [-0.15, -0.1) is 16.4 Å². The van der Waals surface area contributed by atoms with Crippen molar-refractivity contribution in [3.05, 3.63) is 44.6 Å². The second kappa shape index (κ2) is 11.4. The normalized spacial score (nSPS) is 11.8. The minimum absolute atomic E-state index is 0.115. The number of rotatable bonds is 11. The Morgan fingerprint density at radius 2 is 1.73 bits per heavy atom. The molecule has 3 rings (SSSR count). The zero-order chi connectivity index (χ0) is 24.0. The first kappa shape index (κ1) is 25.6. The molecule has 0 aliphatic carbocycles. The Morgan fingerprint density at radius 1 is 1.09 bits per heavy atom. The quantitative estimate of drug-likeness (QED) is 0.328. The summed E-state index contributed by atoms with van der Waals surface area (Å²) in [6, 6.07) is 7.25. The number of nitrogens with zero attached hydrogens (tertiary/aromatic N) is 3. The lowest BCUT2D eigenvalue weighted by Gasteiger charge is -2.22. The average Bonchev–Trinajstić information content (AvgIpc) is 3.38. The molecule has 178 valence electrons. The van der Waals surface area contributed by atoms with E-state index in [4.69, 9.17) is 27.6 Å². The molecule has 1 aromatic carbocycles. The lowest BCUT2D eigenvalue weighted by molar-refractivity contribution is 0.102. The fourth-order valence-electron chi connectivity index (χ4n) is 2.99. The van der Waals surface area contributed by atoms with Crippen molar-refractivity contribution in [2.24, 2.45) is 0 Å². The number of nitrogens with one attached hydrogen (secondary N) is 1. The number of carbonyl (C=O) groups is 1. The Morgan fingerprint density at radius 3 is 2.27 bits per heavy atom. The van der Waals surface area contributed by atoms with E-state index in [1.54, 1.807) is 6.07 Å². The molecule has 33 heavy (non-hydrogen) atoms. The SMILES string of the molecule is CCCCN(CCCC)S(=O)(=O)c1ccc(C(=O)Nc2nnc(-c3cc(Cl)sc3Cl)o2)cc1. The molecule has 2 aromatic heterocycles. The van der Waals surface area contributed by atoms with Gasteiger partial charge in [0.25, 0.3) is 11.8 Å². The first-order valence-electron chi connectivity index (χ1n) is 10.5. The lowest BCUT2D eigenvalue weighted by atomic mass is 10.2. The monoisotopic (exact) mass is 530 g/mol. The number of amides is 1. The summed E-state index contributed by atoms with van der Waals surface area (Å²) in [7, 11) is -3.64. The number of hydrogen-bond acceptors (Lipinski definition) is 7. The third-order valence-corrected chi connectivity index (χ3v) is 8.21. The van der Waals surface area contributed by atoms with Crippen molar-refractivity contribution in [1.82, 2.24) is 14.5 Å². The van der Waals surface area contributed by atoms with Crippen molar-refractivity contribution in [2.75, 3.05) is 18.4 Å². The summed E-state index contributed by atoms with van der Waals surface area (Å²) < 4.78 is 33.9. The third-order valence-electron chi connectivity index (χ3n) is 4.81. The first-order chi connectivity index (χ1) is 15.8. The van der Waals surface area contributed by atoms with Gasteiger partial charge in [-0.3, -0.25) is 10.1 Å². The van der Waals surface area contributed by atoms with Crippen LogP contribution in [0, 0.1) is 0 Å². The number of anilines is 1. The minimum atomic E-state index is -3.64. The number of sulfonamides is 1. The van der Waals surface area contributed by atoms with E-state index in [9.17, 15) is 13.2 Å². The number of benzene rings is 1. The maximum absolute atomic E-state index is 13.1. The van der Waals surface area contributed by atoms with Crippen LogP contribution in [-0.2, 0) is 10.0 Å². The second-order valence-corrected chi connectivity index (χ2v) is 11.5. The Labute approximate surface area is 207 Å². The summed E-state index contributed by atoms with van der Waals surface area (Å²) in [5, 5.41) is 10.2. The van der Waals surface area contributed by atoms with Crippen molar-refractivity contribution in [3.8, 4) is 11.5 Å². The third kappa shape index (κ3) is 6.33. The molecule has 2 heterocycles. The fraction of sp³-hybridized carbons (Fsp3) is 0.381. The molecule has 1 N–H and O–H groups in total. The van der Waals surface area contributed by atoms with Crippen LogP contribution in [0.1, 0.15) is 49.9 Å². The van der Waals surface area contributed by atoms with Crippen LogP contribution in [0.3, 0.4) is 0 Å². The highest BCUT2D eigenvalue weighted by atomic mass is 35.5. The molecule has 0 aliphatic rings. The zero-order valence-electron chi connectivity index (χ0n) is 18.2. The van der Waals surface area contributed by atoms with E-state index in [-0.39, 0.29) is 22.4 Å². The molecule has 0 aliphatic heterocycles. The fourth-order valence-corrected chi connectivity index (χ4v) is 5.95. The van der Waals surface area contributed by atoms with E-state index in [2.05, 4.69) is 15.5 Å². The summed E-state index contributed by atoms with van der Waals surface area (Å²) in [6.45, 7) is 4.99. The Kier molecular flexibility index (Phi) is 8.88. The van der Waals surface area contributed by atoms with E-state index in [1.165, 1.54) is 28.6 Å². The van der Waals surface area contributed by atoms with Crippen molar-refractivity contribution in [3.63, 3.8) is 0 Å². The van der Waals surface area contributed by atoms with Crippen LogP contribution in [0.25, 0.3) is 11.5 Å². The molecule has 0 atom stereocenters. The highest BCUT2D eigenvalue weighted by molar-refractivity contribution is 7.89. The summed E-state index contributed by atoms with van der Waals surface area (Å²) in [6.07, 6.45) is 3.39. The van der Waals surface area contributed by atoms with Gasteiger partial charge in [-0.2, -0.15) is 4.31 Å². The van der Waals surface area contributed by atoms with Gasteiger partial charge >= 0.3 is 6.01 Å². The van der Waals surface area contributed by atoms with Crippen molar-refractivity contribution in [2.45, 2.75) is 44.4 Å². The number of hydrogen-bond donors (Lipinski definition) is 1. The van der Waals surface area contributed by atoms with Gasteiger partial charge in [0.15, 0.2) is 0 Å². The van der Waals surface area contributed by atoms with Crippen LogP contribution in [0.4, 0.5) is 6.01 Å². The summed E-state index contributed by atoms with van der Waals surface area (Å²) in [4.78, 5) is 12.7. The molecule has 0 fully saturated rings. The number of halogens is 2. The zero-order valence-corrected chi connectivity index (χ0v) is 21.3. The van der Waals surface area contributed by atoms with Crippen LogP contribution < -0.4 is 5.32 Å². The van der Waals surface area contributed by atoms with Gasteiger partial charge < -0.3 is 4.42 Å². The van der Waals surface area contributed by atoms with Gasteiger partial charge in [-0.25, -0.2) is 8.42 Å². The predicted molar refractivity (Wildman–Crippen MR) is 131 cm³/mol. The second-order valence-electron chi connectivity index (χ2n) is 7.24. The molecule has 3 aromatic rings. The van der Waals surface area contributed by atoms with E-state index in [0.717, 1.165) is 37.0 Å². The Bertz CT molecular complexity index is 1190. The van der Waals surface area contributed by atoms with E-state index < -0.39 is 15.9 Å². The van der Waals surface area contributed by atoms with Gasteiger partial charge in [0.05, 0.1) is 14.8 Å². The first-order valence-corrected chi connectivity index (χ1v) is 13.5. The number of unbranched alkanes of at least 4 members (excludes halogenated alkanes) is 2. The molecular weight excluding hydrogens is 507 g/mol. The van der Waals surface area contributed by atoms with Crippen molar-refractivity contribution in [1.29, 1.82) is 0 Å². The van der Waals surface area contributed by atoms with Crippen molar-refractivity contribution >= 4 is 56.5 Å². The predicted octanol–water partition coefficient (Wildman–Crippen LogP) is 5.95. The molecule has 1 amide bonds. The topological polar surface area (TPSA) is 105 Å². The number of thiophene rings is 1. The molecule has 0 saturated heterocycles. The maximum Gasteiger partial charge on any atom is 0.322 e. The molecule has 0 saturated carbocycles. The standard InChI is InChI=1S/C21H24Cl2N4O4S2/c1-3-5-11-27(12-6-4-2)33(29,30)15-9-7-14(8-10-15)19(28)24-21-26-25-20(31-21)16-13-17(22)32-18(16)23/h7-10,13H,3-6,11-12H2,1-2H3,(H,24,26,28). The van der Waals surface area contributed by atoms with Crippen LogP contribution in [0.5, 0.6) is 0 Å². The van der Waals surface area contributed by atoms with E-state index in [1.807, 2.05) is 13.8 Å². The van der Waals surface area contributed by atoms with Gasteiger partial charge in [0.2, 0.25) is 10.0 Å². The van der Waals surface area contributed by atoms with Gasteiger partial charge in [-0.1, -0.05) is 55.0 Å². The van der Waals surface area contributed by atoms with E-state index in [0.29, 0.717) is 27.3 Å². The van der Waals surface area contributed by atoms with Gasteiger partial charge in [0.1, 0.15) is 4.34 Å². The summed E-state index contributed by atoms with van der Waals surface area (Å²) >= 11 is 13.2. The van der Waals surface area contributed by atoms with E-state index >= 15 is 0 Å². The summed E-state index contributed by atoms with van der Waals surface area (Å²) in [5.74, 6) is -0.392. The molecule has 0 spiro atoms. The Hall–Kier alpha value is -1.98.